The number of hydrogen-bond donors (Lipinski definition) is 2. The maximum atomic E-state index is 14.4. The number of non-ortho nitro benzene ring substituents is 1. The molecular weight excluding hydrogens is 377 g/mol. The van der Waals surface area contributed by atoms with Crippen molar-refractivity contribution in [2.45, 2.75) is 18.9 Å². The van der Waals surface area contributed by atoms with Gasteiger partial charge in [-0.1, -0.05) is 0 Å². The fraction of sp³-hybridized carbons (Fsp3) is 0.300. The summed E-state index contributed by atoms with van der Waals surface area (Å²) in [7, 11) is 1.46. The first-order valence-electron chi connectivity index (χ1n) is 9.14. The summed E-state index contributed by atoms with van der Waals surface area (Å²) in [6, 6.07) is 10.3. The van der Waals surface area contributed by atoms with Gasteiger partial charge in [-0.3, -0.25) is 14.9 Å². The van der Waals surface area contributed by atoms with Gasteiger partial charge in [0.05, 0.1) is 27.8 Å². The van der Waals surface area contributed by atoms with Crippen LogP contribution in [0.15, 0.2) is 36.4 Å². The van der Waals surface area contributed by atoms with Crippen LogP contribution < -0.4 is 15.5 Å². The third-order valence-corrected chi connectivity index (χ3v) is 4.88. The van der Waals surface area contributed by atoms with Crippen molar-refractivity contribution in [2.24, 2.45) is 0 Å². The third kappa shape index (κ3) is 4.43. The summed E-state index contributed by atoms with van der Waals surface area (Å²) in [6.07, 6.45) is 1.61. The molecule has 8 nitrogen and oxygen atoms in total. The number of halogens is 1. The highest BCUT2D eigenvalue weighted by Gasteiger charge is 2.24. The fourth-order valence-corrected chi connectivity index (χ4v) is 3.46. The molecule has 0 saturated carbocycles. The van der Waals surface area contributed by atoms with Crippen LogP contribution in [-0.4, -0.2) is 37.0 Å². The lowest BCUT2D eigenvalue weighted by atomic mass is 10.0. The van der Waals surface area contributed by atoms with Gasteiger partial charge in [0.2, 0.25) is 0 Å². The normalized spacial score (nSPS) is 16.0. The molecule has 0 aromatic heterocycles. The topological polar surface area (TPSA) is 111 Å². The molecule has 1 fully saturated rings. The van der Waals surface area contributed by atoms with E-state index in [2.05, 4.69) is 10.6 Å². The van der Waals surface area contributed by atoms with E-state index in [4.69, 9.17) is 5.26 Å². The Balaban J connectivity index is 1.81. The maximum Gasteiger partial charge on any atom is 0.270 e. The molecule has 2 aromatic rings. The van der Waals surface area contributed by atoms with Gasteiger partial charge in [-0.2, -0.15) is 5.26 Å². The number of nitrogens with one attached hydrogen (secondary N) is 2. The molecule has 9 heteroatoms. The lowest BCUT2D eigenvalue weighted by molar-refractivity contribution is -0.384. The summed E-state index contributed by atoms with van der Waals surface area (Å²) >= 11 is 0. The van der Waals surface area contributed by atoms with Gasteiger partial charge in [0.25, 0.3) is 11.6 Å². The van der Waals surface area contributed by atoms with Crippen LogP contribution >= 0.6 is 0 Å². The van der Waals surface area contributed by atoms with E-state index >= 15 is 0 Å². The smallest absolute Gasteiger partial charge is 0.270 e. The number of carbonyl (C=O) groups is 1. The number of nitro benzene ring substituents is 1. The molecule has 0 spiro atoms. The number of carbonyl (C=O) groups excluding carboxylic acids is 1. The molecule has 0 bridgehead atoms. The van der Waals surface area contributed by atoms with E-state index in [0.29, 0.717) is 24.5 Å². The minimum Gasteiger partial charge on any atom is -0.380 e. The Morgan fingerprint density at radius 2 is 2.14 bits per heavy atom. The van der Waals surface area contributed by atoms with Crippen LogP contribution in [0, 0.1) is 27.3 Å². The van der Waals surface area contributed by atoms with Crippen molar-refractivity contribution in [3.63, 3.8) is 0 Å². The quantitative estimate of drug-likeness (QED) is 0.593. The zero-order valence-electron chi connectivity index (χ0n) is 15.8. The molecule has 29 heavy (non-hydrogen) atoms. The highest BCUT2D eigenvalue weighted by atomic mass is 19.1. The second-order valence-electron chi connectivity index (χ2n) is 6.77. The first-order valence-corrected chi connectivity index (χ1v) is 9.14. The predicted octanol–water partition coefficient (Wildman–Crippen LogP) is 3.05. The number of nitro groups is 1. The summed E-state index contributed by atoms with van der Waals surface area (Å²) in [4.78, 5) is 24.6. The molecule has 1 atom stereocenters. The van der Waals surface area contributed by atoms with Crippen molar-refractivity contribution < 1.29 is 14.1 Å². The SMILES string of the molecule is CNC(=O)c1cc([N+](=O)[O-])ccc1NC1CCCN(c2ccc(C#N)cc2F)C1. The van der Waals surface area contributed by atoms with E-state index in [9.17, 15) is 19.3 Å². The summed E-state index contributed by atoms with van der Waals surface area (Å²) in [5.41, 5.74) is 1.19. The van der Waals surface area contributed by atoms with E-state index in [1.54, 1.807) is 12.1 Å². The minimum absolute atomic E-state index is 0.0799. The number of rotatable bonds is 5. The molecule has 0 radical (unpaired) electrons. The Bertz CT molecular complexity index is 989. The van der Waals surface area contributed by atoms with E-state index in [-0.39, 0.29) is 22.9 Å². The summed E-state index contributed by atoms with van der Waals surface area (Å²) < 4.78 is 14.4. The highest BCUT2D eigenvalue weighted by molar-refractivity contribution is 6.00. The Morgan fingerprint density at radius 1 is 1.34 bits per heavy atom. The molecule has 1 heterocycles. The Labute approximate surface area is 167 Å². The predicted molar refractivity (Wildman–Crippen MR) is 106 cm³/mol. The van der Waals surface area contributed by atoms with Crippen LogP contribution in [0.2, 0.25) is 0 Å². The number of anilines is 2. The molecule has 1 unspecified atom stereocenters. The third-order valence-electron chi connectivity index (χ3n) is 4.88. The molecule has 3 rings (SSSR count). The van der Waals surface area contributed by atoms with Crippen LogP contribution in [0.1, 0.15) is 28.8 Å². The zero-order valence-corrected chi connectivity index (χ0v) is 15.8. The van der Waals surface area contributed by atoms with Gasteiger partial charge >= 0.3 is 0 Å². The first kappa shape index (κ1) is 20.1. The van der Waals surface area contributed by atoms with Crippen LogP contribution in [0.3, 0.4) is 0 Å². The largest absolute Gasteiger partial charge is 0.380 e. The Morgan fingerprint density at radius 3 is 2.79 bits per heavy atom. The van der Waals surface area contributed by atoms with E-state index < -0.39 is 16.6 Å². The van der Waals surface area contributed by atoms with E-state index in [0.717, 1.165) is 12.8 Å². The van der Waals surface area contributed by atoms with Gasteiger partial charge in [0.15, 0.2) is 0 Å². The van der Waals surface area contributed by atoms with Gasteiger partial charge < -0.3 is 15.5 Å². The summed E-state index contributed by atoms with van der Waals surface area (Å²) in [5, 5.41) is 25.7. The lowest BCUT2D eigenvalue weighted by Crippen LogP contribution is -2.42. The fourth-order valence-electron chi connectivity index (χ4n) is 3.46. The molecule has 2 N–H and O–H groups in total. The number of nitriles is 1. The van der Waals surface area contributed by atoms with Crippen molar-refractivity contribution in [3.8, 4) is 6.07 Å². The molecule has 0 aliphatic carbocycles. The summed E-state index contributed by atoms with van der Waals surface area (Å²) in [5.74, 6) is -0.881. The average Bonchev–Trinajstić information content (AvgIpc) is 2.73. The van der Waals surface area contributed by atoms with Crippen molar-refractivity contribution in [1.82, 2.24) is 5.32 Å². The number of benzene rings is 2. The monoisotopic (exact) mass is 397 g/mol. The molecule has 1 saturated heterocycles. The average molecular weight is 397 g/mol. The van der Waals surface area contributed by atoms with Gasteiger partial charge in [0.1, 0.15) is 5.82 Å². The van der Waals surface area contributed by atoms with Crippen LogP contribution in [0.5, 0.6) is 0 Å². The van der Waals surface area contributed by atoms with Crippen molar-refractivity contribution >= 4 is 23.0 Å². The molecule has 1 amide bonds. The Hall–Kier alpha value is -3.67. The number of hydrogen-bond acceptors (Lipinski definition) is 6. The Kier molecular flexibility index (Phi) is 5.93. The standard InChI is InChI=1S/C20H20FN5O3/c1-23-20(27)16-10-15(26(28)29)5-6-18(16)24-14-3-2-8-25(12-14)19-7-4-13(11-22)9-17(19)21/h4-7,9-10,14,24H,2-3,8,12H2,1H3,(H,23,27). The van der Waals surface area contributed by atoms with Crippen LogP contribution in [0.25, 0.3) is 0 Å². The van der Waals surface area contributed by atoms with Gasteiger partial charge in [0, 0.05) is 44.0 Å². The van der Waals surface area contributed by atoms with Crippen LogP contribution in [-0.2, 0) is 0 Å². The number of piperidine rings is 1. The lowest BCUT2D eigenvalue weighted by Gasteiger charge is -2.35. The van der Waals surface area contributed by atoms with Crippen LogP contribution in [0.4, 0.5) is 21.5 Å². The van der Waals surface area contributed by atoms with E-state index in [1.165, 1.54) is 31.3 Å². The van der Waals surface area contributed by atoms with Gasteiger partial charge in [-0.05, 0) is 37.1 Å². The first-order chi connectivity index (χ1) is 13.9. The second-order valence-corrected chi connectivity index (χ2v) is 6.77. The number of nitrogens with zero attached hydrogens (tertiary/aromatic N) is 3. The molecule has 2 aromatic carbocycles. The van der Waals surface area contributed by atoms with Crippen molar-refractivity contribution in [3.05, 3.63) is 63.5 Å². The van der Waals surface area contributed by atoms with Gasteiger partial charge in [-0.25, -0.2) is 4.39 Å². The van der Waals surface area contributed by atoms with E-state index in [1.807, 2.05) is 11.0 Å². The molecular formula is C20H20FN5O3. The van der Waals surface area contributed by atoms with Crippen molar-refractivity contribution in [2.75, 3.05) is 30.4 Å². The van der Waals surface area contributed by atoms with Gasteiger partial charge in [-0.15, -0.1) is 0 Å². The van der Waals surface area contributed by atoms with Crippen molar-refractivity contribution in [1.29, 1.82) is 5.26 Å². The molecule has 1 aliphatic heterocycles. The highest BCUT2D eigenvalue weighted by Crippen LogP contribution is 2.28. The number of amides is 1. The second kappa shape index (κ2) is 8.56. The molecule has 150 valence electrons. The zero-order chi connectivity index (χ0) is 21.0. The minimum atomic E-state index is -0.549. The molecule has 1 aliphatic rings. The maximum absolute atomic E-state index is 14.4. The summed E-state index contributed by atoms with van der Waals surface area (Å²) in [6.45, 7) is 1.16.